The molecule has 0 aliphatic rings. The second kappa shape index (κ2) is 12.3. The van der Waals surface area contributed by atoms with Crippen molar-refractivity contribution in [1.82, 2.24) is 10.2 Å². The molecule has 0 bridgehead atoms. The van der Waals surface area contributed by atoms with Crippen LogP contribution in [0, 0.1) is 0 Å². The van der Waals surface area contributed by atoms with Crippen molar-refractivity contribution >= 4 is 11.9 Å². The SMILES string of the molecule is CC(C)(N)CCNCCCCN(CCC(C)(C)N)C(=O)CCCC(=O)O. The lowest BCUT2D eigenvalue weighted by molar-refractivity contribution is -0.137. The van der Waals surface area contributed by atoms with Crippen molar-refractivity contribution in [3.8, 4) is 0 Å². The first-order chi connectivity index (χ1) is 11.9. The van der Waals surface area contributed by atoms with Gasteiger partial charge < -0.3 is 26.8 Å². The van der Waals surface area contributed by atoms with Crippen LogP contribution in [-0.2, 0) is 9.59 Å². The van der Waals surface area contributed by atoms with Crippen molar-refractivity contribution in [2.24, 2.45) is 11.5 Å². The number of nitrogens with two attached hydrogens (primary N) is 2. The Hall–Kier alpha value is -1.18. The summed E-state index contributed by atoms with van der Waals surface area (Å²) in [5, 5.41) is 12.1. The molecule has 0 atom stereocenters. The standard InChI is InChI=1S/C19H40N4O3/c1-18(2,20)10-13-22-12-5-6-14-23(15-11-19(3,4)21)16(24)8-7-9-17(25)26/h22H,5-15,20-21H2,1-4H3,(H,25,26). The molecule has 0 saturated carbocycles. The number of unbranched alkanes of at least 4 members (excludes halogenated alkanes) is 1. The molecule has 6 N–H and O–H groups in total. The van der Waals surface area contributed by atoms with Gasteiger partial charge in [-0.1, -0.05) is 0 Å². The van der Waals surface area contributed by atoms with Gasteiger partial charge in [0.25, 0.3) is 0 Å². The lowest BCUT2D eigenvalue weighted by Crippen LogP contribution is -2.40. The molecule has 0 rings (SSSR count). The zero-order chi connectivity index (χ0) is 20.2. The van der Waals surface area contributed by atoms with Gasteiger partial charge in [0.2, 0.25) is 5.91 Å². The number of hydrogen-bond acceptors (Lipinski definition) is 5. The topological polar surface area (TPSA) is 122 Å². The molecule has 0 spiro atoms. The van der Waals surface area contributed by atoms with E-state index < -0.39 is 5.97 Å². The normalized spacial score (nSPS) is 12.2. The van der Waals surface area contributed by atoms with E-state index in [0.29, 0.717) is 19.5 Å². The van der Waals surface area contributed by atoms with Crippen LogP contribution in [0.3, 0.4) is 0 Å². The second-order valence-corrected chi connectivity index (χ2v) is 8.56. The van der Waals surface area contributed by atoms with E-state index >= 15 is 0 Å². The highest BCUT2D eigenvalue weighted by atomic mass is 16.4. The molecule has 0 unspecified atom stereocenters. The van der Waals surface area contributed by atoms with Crippen molar-refractivity contribution < 1.29 is 14.7 Å². The van der Waals surface area contributed by atoms with Gasteiger partial charge in [-0.25, -0.2) is 0 Å². The van der Waals surface area contributed by atoms with Crippen LogP contribution in [0.15, 0.2) is 0 Å². The number of rotatable bonds is 15. The molecule has 0 radical (unpaired) electrons. The number of nitrogens with one attached hydrogen (secondary N) is 1. The fourth-order valence-electron chi connectivity index (χ4n) is 2.42. The number of nitrogens with zero attached hydrogens (tertiary/aromatic N) is 1. The molecule has 0 aliphatic heterocycles. The van der Waals surface area contributed by atoms with Crippen molar-refractivity contribution in [3.63, 3.8) is 0 Å². The third-order valence-corrected chi connectivity index (χ3v) is 4.14. The predicted octanol–water partition coefficient (Wildman–Crippen LogP) is 1.69. The molecule has 0 aliphatic carbocycles. The maximum atomic E-state index is 12.4. The molecule has 26 heavy (non-hydrogen) atoms. The lowest BCUT2D eigenvalue weighted by atomic mass is 10.0. The molecule has 1 amide bonds. The molecule has 0 aromatic carbocycles. The highest BCUT2D eigenvalue weighted by Crippen LogP contribution is 2.09. The van der Waals surface area contributed by atoms with Crippen molar-refractivity contribution in [2.75, 3.05) is 26.2 Å². The number of carbonyl (C=O) groups is 2. The average Bonchev–Trinajstić information content (AvgIpc) is 2.46. The van der Waals surface area contributed by atoms with E-state index in [9.17, 15) is 9.59 Å². The van der Waals surface area contributed by atoms with Crippen molar-refractivity contribution in [1.29, 1.82) is 0 Å². The first-order valence-electron chi connectivity index (χ1n) is 9.69. The summed E-state index contributed by atoms with van der Waals surface area (Å²) < 4.78 is 0. The van der Waals surface area contributed by atoms with E-state index in [-0.39, 0.29) is 29.8 Å². The molecule has 0 fully saturated rings. The summed E-state index contributed by atoms with van der Waals surface area (Å²) in [4.78, 5) is 24.8. The molecule has 154 valence electrons. The molecular weight excluding hydrogens is 332 g/mol. The summed E-state index contributed by atoms with van der Waals surface area (Å²) in [6.07, 6.45) is 4.23. The minimum atomic E-state index is -0.862. The van der Waals surface area contributed by atoms with Gasteiger partial charge in [0.1, 0.15) is 0 Å². The van der Waals surface area contributed by atoms with Crippen LogP contribution in [0.4, 0.5) is 0 Å². The van der Waals surface area contributed by atoms with Gasteiger partial charge in [0.15, 0.2) is 0 Å². The van der Waals surface area contributed by atoms with E-state index in [4.69, 9.17) is 16.6 Å². The predicted molar refractivity (Wildman–Crippen MR) is 106 cm³/mol. The van der Waals surface area contributed by atoms with E-state index in [2.05, 4.69) is 5.32 Å². The first-order valence-corrected chi connectivity index (χ1v) is 9.69. The molecule has 0 saturated heterocycles. The van der Waals surface area contributed by atoms with Crippen molar-refractivity contribution in [2.45, 2.75) is 83.7 Å². The number of carboxylic acid groups (broad SMARTS) is 1. The summed E-state index contributed by atoms with van der Waals surface area (Å²) in [7, 11) is 0. The highest BCUT2D eigenvalue weighted by molar-refractivity contribution is 5.77. The number of carbonyl (C=O) groups excluding carboxylic acids is 1. The fraction of sp³-hybridized carbons (Fsp3) is 0.895. The zero-order valence-electron chi connectivity index (χ0n) is 17.1. The van der Waals surface area contributed by atoms with Gasteiger partial charge in [0.05, 0.1) is 0 Å². The number of hydrogen-bond donors (Lipinski definition) is 4. The first kappa shape index (κ1) is 24.8. The van der Waals surface area contributed by atoms with Gasteiger partial charge in [0, 0.05) is 37.0 Å². The molecule has 0 aromatic heterocycles. The summed E-state index contributed by atoms with van der Waals surface area (Å²) in [5.41, 5.74) is 11.5. The fourth-order valence-corrected chi connectivity index (χ4v) is 2.42. The van der Waals surface area contributed by atoms with Gasteiger partial charge in [-0.05, 0) is 72.9 Å². The number of aliphatic carboxylic acids is 1. The van der Waals surface area contributed by atoms with Gasteiger partial charge in [-0.2, -0.15) is 0 Å². The second-order valence-electron chi connectivity index (χ2n) is 8.56. The molecule has 0 heterocycles. The molecular formula is C19H40N4O3. The van der Waals surface area contributed by atoms with Crippen LogP contribution in [0.25, 0.3) is 0 Å². The zero-order valence-corrected chi connectivity index (χ0v) is 17.1. The van der Waals surface area contributed by atoms with Crippen molar-refractivity contribution in [3.05, 3.63) is 0 Å². The Morgan fingerprint density at radius 2 is 1.50 bits per heavy atom. The lowest BCUT2D eigenvalue weighted by Gasteiger charge is -2.27. The van der Waals surface area contributed by atoms with E-state index in [1.807, 2.05) is 32.6 Å². The maximum absolute atomic E-state index is 12.4. The average molecular weight is 373 g/mol. The summed E-state index contributed by atoms with van der Waals surface area (Å²) in [5.74, 6) is -0.840. The monoisotopic (exact) mass is 372 g/mol. The van der Waals surface area contributed by atoms with Gasteiger partial charge in [-0.15, -0.1) is 0 Å². The molecule has 7 heteroatoms. The smallest absolute Gasteiger partial charge is 0.303 e. The minimum absolute atomic E-state index is 0.0216. The van der Waals surface area contributed by atoms with Crippen LogP contribution in [0.1, 0.15) is 72.6 Å². The molecule has 0 aromatic rings. The third-order valence-electron chi connectivity index (χ3n) is 4.14. The highest BCUT2D eigenvalue weighted by Gasteiger charge is 2.18. The van der Waals surface area contributed by atoms with E-state index in [1.165, 1.54) is 0 Å². The summed E-state index contributed by atoms with van der Waals surface area (Å²) >= 11 is 0. The van der Waals surface area contributed by atoms with Crippen LogP contribution in [0.2, 0.25) is 0 Å². The summed E-state index contributed by atoms with van der Waals surface area (Å²) in [6, 6.07) is 0. The van der Waals surface area contributed by atoms with Crippen LogP contribution in [0.5, 0.6) is 0 Å². The van der Waals surface area contributed by atoms with Gasteiger partial charge in [-0.3, -0.25) is 9.59 Å². The Bertz CT molecular complexity index is 414. The Morgan fingerprint density at radius 3 is 2.04 bits per heavy atom. The van der Waals surface area contributed by atoms with Crippen LogP contribution < -0.4 is 16.8 Å². The van der Waals surface area contributed by atoms with Crippen LogP contribution in [-0.4, -0.2) is 59.1 Å². The van der Waals surface area contributed by atoms with E-state index in [1.54, 1.807) is 0 Å². The Kier molecular flexibility index (Phi) is 11.7. The quantitative estimate of drug-likeness (QED) is 0.325. The Morgan fingerprint density at radius 1 is 0.885 bits per heavy atom. The third kappa shape index (κ3) is 16.3. The van der Waals surface area contributed by atoms with E-state index in [0.717, 1.165) is 38.8 Å². The molecule has 7 nitrogen and oxygen atoms in total. The van der Waals surface area contributed by atoms with Gasteiger partial charge >= 0.3 is 5.97 Å². The Balaban J connectivity index is 4.18. The number of carboxylic acids is 1. The Labute approximate surface area is 158 Å². The van der Waals surface area contributed by atoms with Crippen LogP contribution >= 0.6 is 0 Å². The largest absolute Gasteiger partial charge is 0.481 e. The maximum Gasteiger partial charge on any atom is 0.303 e. The number of amides is 1. The summed E-state index contributed by atoms with van der Waals surface area (Å²) in [6.45, 7) is 11.0. The minimum Gasteiger partial charge on any atom is -0.481 e.